The lowest BCUT2D eigenvalue weighted by molar-refractivity contribution is -0.142. The first-order valence-corrected chi connectivity index (χ1v) is 6.51. The summed E-state index contributed by atoms with van der Waals surface area (Å²) in [5.41, 5.74) is 0. The van der Waals surface area contributed by atoms with Crippen molar-refractivity contribution in [1.29, 1.82) is 0 Å². The van der Waals surface area contributed by atoms with Crippen LogP contribution in [0.5, 0.6) is 0 Å². The lowest BCUT2D eigenvalue weighted by Gasteiger charge is -2.17. The molecule has 1 saturated carbocycles. The summed E-state index contributed by atoms with van der Waals surface area (Å²) < 4.78 is 0. The van der Waals surface area contributed by atoms with Gasteiger partial charge in [-0.2, -0.15) is 0 Å². The highest BCUT2D eigenvalue weighted by Crippen LogP contribution is 2.27. The number of rotatable bonds is 6. The zero-order valence-corrected chi connectivity index (χ0v) is 10.7. The maximum atomic E-state index is 11.7. The second-order valence-corrected chi connectivity index (χ2v) is 5.44. The Balaban J connectivity index is 2.37. The summed E-state index contributed by atoms with van der Waals surface area (Å²) in [5.74, 6) is -0.310. The van der Waals surface area contributed by atoms with E-state index in [4.69, 9.17) is 5.11 Å². The van der Waals surface area contributed by atoms with Crippen LogP contribution in [-0.2, 0) is 9.59 Å². The largest absolute Gasteiger partial charge is 0.480 e. The first-order chi connectivity index (χ1) is 7.99. The molecule has 1 atom stereocenters. The first-order valence-electron chi connectivity index (χ1n) is 6.51. The van der Waals surface area contributed by atoms with Gasteiger partial charge in [-0.05, 0) is 31.1 Å². The summed E-state index contributed by atoms with van der Waals surface area (Å²) in [6, 6.07) is -0.732. The number of nitrogens with one attached hydrogen (secondary N) is 1. The van der Waals surface area contributed by atoms with Crippen molar-refractivity contribution in [2.75, 3.05) is 0 Å². The lowest BCUT2D eigenvalue weighted by Crippen LogP contribution is -2.42. The Morgan fingerprint density at radius 2 is 1.88 bits per heavy atom. The molecule has 0 aromatic rings. The molecule has 2 N–H and O–H groups in total. The van der Waals surface area contributed by atoms with Crippen LogP contribution in [-0.4, -0.2) is 23.0 Å². The second kappa shape index (κ2) is 6.62. The molecule has 98 valence electrons. The van der Waals surface area contributed by atoms with Crippen LogP contribution in [0.1, 0.15) is 52.4 Å². The van der Waals surface area contributed by atoms with Gasteiger partial charge in [0, 0.05) is 6.42 Å². The van der Waals surface area contributed by atoms with Gasteiger partial charge < -0.3 is 10.4 Å². The summed E-state index contributed by atoms with van der Waals surface area (Å²) in [7, 11) is 0. The highest BCUT2D eigenvalue weighted by molar-refractivity contribution is 5.83. The Hall–Kier alpha value is -1.06. The number of carboxylic acids is 1. The third-order valence-electron chi connectivity index (χ3n) is 3.29. The lowest BCUT2D eigenvalue weighted by atomic mass is 10.0. The number of hydrogen-bond donors (Lipinski definition) is 2. The highest BCUT2D eigenvalue weighted by Gasteiger charge is 2.24. The Labute approximate surface area is 103 Å². The Bertz CT molecular complexity index is 270. The predicted octanol–water partition coefficient (Wildman–Crippen LogP) is 2.18. The molecule has 1 fully saturated rings. The topological polar surface area (TPSA) is 66.4 Å². The molecule has 4 heteroatoms. The molecule has 0 spiro atoms. The Morgan fingerprint density at radius 1 is 1.29 bits per heavy atom. The van der Waals surface area contributed by atoms with Crippen LogP contribution < -0.4 is 5.32 Å². The van der Waals surface area contributed by atoms with Gasteiger partial charge in [-0.25, -0.2) is 4.79 Å². The smallest absolute Gasteiger partial charge is 0.326 e. The maximum absolute atomic E-state index is 11.7. The van der Waals surface area contributed by atoms with Gasteiger partial charge in [0.1, 0.15) is 6.04 Å². The van der Waals surface area contributed by atoms with Gasteiger partial charge in [-0.1, -0.05) is 26.7 Å². The van der Waals surface area contributed by atoms with Crippen LogP contribution in [0.25, 0.3) is 0 Å². The fourth-order valence-electron chi connectivity index (χ4n) is 2.42. The molecular weight excluding hydrogens is 218 g/mol. The van der Waals surface area contributed by atoms with E-state index in [1.807, 2.05) is 13.8 Å². The minimum absolute atomic E-state index is 0.107. The van der Waals surface area contributed by atoms with E-state index in [0.29, 0.717) is 18.8 Å². The second-order valence-electron chi connectivity index (χ2n) is 5.44. The number of hydrogen-bond acceptors (Lipinski definition) is 2. The number of carboxylic acid groups (broad SMARTS) is 1. The minimum Gasteiger partial charge on any atom is -0.480 e. The number of carbonyl (C=O) groups excluding carboxylic acids is 1. The average Bonchev–Trinajstić information content (AvgIpc) is 2.68. The van der Waals surface area contributed by atoms with E-state index in [0.717, 1.165) is 12.8 Å². The highest BCUT2D eigenvalue weighted by atomic mass is 16.4. The van der Waals surface area contributed by atoms with Crippen molar-refractivity contribution < 1.29 is 14.7 Å². The number of carbonyl (C=O) groups is 2. The number of aliphatic carboxylic acids is 1. The van der Waals surface area contributed by atoms with Crippen LogP contribution in [0.2, 0.25) is 0 Å². The van der Waals surface area contributed by atoms with Gasteiger partial charge in [0.15, 0.2) is 0 Å². The zero-order chi connectivity index (χ0) is 12.8. The predicted molar refractivity (Wildman–Crippen MR) is 65.6 cm³/mol. The fraction of sp³-hybridized carbons (Fsp3) is 0.846. The van der Waals surface area contributed by atoms with Crippen LogP contribution in [0.3, 0.4) is 0 Å². The normalized spacial score (nSPS) is 18.3. The molecule has 0 heterocycles. The standard InChI is InChI=1S/C13H23NO3/c1-9(2)7-11(13(16)17)14-12(15)8-10-5-3-4-6-10/h9-11H,3-8H2,1-2H3,(H,14,15)(H,16,17)/t11-/m1/s1. The van der Waals surface area contributed by atoms with Crippen LogP contribution in [0.15, 0.2) is 0 Å². The quantitative estimate of drug-likeness (QED) is 0.749. The van der Waals surface area contributed by atoms with Crippen molar-refractivity contribution in [3.63, 3.8) is 0 Å². The molecule has 0 aliphatic heterocycles. The van der Waals surface area contributed by atoms with Gasteiger partial charge in [0.2, 0.25) is 5.91 Å². The fourth-order valence-corrected chi connectivity index (χ4v) is 2.42. The van der Waals surface area contributed by atoms with Crippen molar-refractivity contribution in [3.05, 3.63) is 0 Å². The van der Waals surface area contributed by atoms with Gasteiger partial charge in [0.25, 0.3) is 0 Å². The molecule has 0 aromatic heterocycles. The maximum Gasteiger partial charge on any atom is 0.326 e. The molecule has 1 aliphatic rings. The van der Waals surface area contributed by atoms with E-state index in [2.05, 4.69) is 5.32 Å². The monoisotopic (exact) mass is 241 g/mol. The molecule has 4 nitrogen and oxygen atoms in total. The average molecular weight is 241 g/mol. The van der Waals surface area contributed by atoms with Crippen molar-refractivity contribution in [2.45, 2.75) is 58.4 Å². The molecule has 1 aliphatic carbocycles. The van der Waals surface area contributed by atoms with Gasteiger partial charge in [-0.15, -0.1) is 0 Å². The molecule has 1 amide bonds. The van der Waals surface area contributed by atoms with Gasteiger partial charge in [0.05, 0.1) is 0 Å². The third kappa shape index (κ3) is 5.20. The van der Waals surface area contributed by atoms with E-state index < -0.39 is 12.0 Å². The molecule has 0 aromatic carbocycles. The van der Waals surface area contributed by atoms with Crippen molar-refractivity contribution in [1.82, 2.24) is 5.32 Å². The summed E-state index contributed by atoms with van der Waals surface area (Å²) >= 11 is 0. The van der Waals surface area contributed by atoms with E-state index in [1.165, 1.54) is 12.8 Å². The van der Waals surface area contributed by atoms with Crippen molar-refractivity contribution in [3.8, 4) is 0 Å². The van der Waals surface area contributed by atoms with Crippen molar-refractivity contribution >= 4 is 11.9 Å². The zero-order valence-electron chi connectivity index (χ0n) is 10.7. The molecule has 0 unspecified atom stereocenters. The molecular formula is C13H23NO3. The Morgan fingerprint density at radius 3 is 2.35 bits per heavy atom. The summed E-state index contributed by atoms with van der Waals surface area (Å²) in [6.07, 6.45) is 5.59. The summed E-state index contributed by atoms with van der Waals surface area (Å²) in [5, 5.41) is 11.7. The molecule has 17 heavy (non-hydrogen) atoms. The van der Waals surface area contributed by atoms with Gasteiger partial charge in [-0.3, -0.25) is 4.79 Å². The van der Waals surface area contributed by atoms with Crippen LogP contribution >= 0.6 is 0 Å². The Kier molecular flexibility index (Phi) is 5.45. The van der Waals surface area contributed by atoms with E-state index >= 15 is 0 Å². The summed E-state index contributed by atoms with van der Waals surface area (Å²) in [6.45, 7) is 3.91. The van der Waals surface area contributed by atoms with E-state index in [9.17, 15) is 9.59 Å². The first kappa shape index (κ1) is 14.0. The van der Waals surface area contributed by atoms with Crippen LogP contribution in [0.4, 0.5) is 0 Å². The van der Waals surface area contributed by atoms with E-state index in [-0.39, 0.29) is 11.8 Å². The van der Waals surface area contributed by atoms with Gasteiger partial charge >= 0.3 is 5.97 Å². The SMILES string of the molecule is CC(C)C[C@@H](NC(=O)CC1CCCC1)C(=O)O. The molecule has 0 bridgehead atoms. The van der Waals surface area contributed by atoms with E-state index in [1.54, 1.807) is 0 Å². The molecule has 0 radical (unpaired) electrons. The molecule has 1 rings (SSSR count). The van der Waals surface area contributed by atoms with Crippen molar-refractivity contribution in [2.24, 2.45) is 11.8 Å². The number of amides is 1. The minimum atomic E-state index is -0.932. The molecule has 0 saturated heterocycles. The summed E-state index contributed by atoms with van der Waals surface area (Å²) in [4.78, 5) is 22.7. The van der Waals surface area contributed by atoms with Crippen LogP contribution in [0, 0.1) is 11.8 Å². The third-order valence-corrected chi connectivity index (χ3v) is 3.29.